The van der Waals surface area contributed by atoms with Gasteiger partial charge in [0.25, 0.3) is 5.97 Å². The number of carbonyl (C=O) groups is 16. The molecular weight excluding hydrogens is 1590 g/mol. The Bertz CT molecular complexity index is 4260. The lowest BCUT2D eigenvalue weighted by atomic mass is 10.00. The molecule has 4 aromatic carbocycles. The van der Waals surface area contributed by atoms with Gasteiger partial charge in [0.2, 0.25) is 82.7 Å². The number of aliphatic hydroxyl groups excluding tert-OH is 3. The zero-order valence-corrected chi connectivity index (χ0v) is 67.8. The third kappa shape index (κ3) is 33.0. The molecule has 0 radical (unpaired) electrons. The maximum Gasteiger partial charge on any atom is 0.327 e. The quantitative estimate of drug-likeness (QED) is 0.0183. The molecule has 27 N–H and O–H groups in total. The van der Waals surface area contributed by atoms with Gasteiger partial charge in [0.1, 0.15) is 79.0 Å². The minimum atomic E-state index is -2.00. The molecule has 1 aliphatic rings. The van der Waals surface area contributed by atoms with E-state index in [1.807, 2.05) is 0 Å². The lowest BCUT2D eigenvalue weighted by Gasteiger charge is -2.32. The molecule has 5 unspecified atom stereocenters. The van der Waals surface area contributed by atoms with E-state index in [0.29, 0.717) is 66.1 Å². The number of unbranched alkanes of at least 4 members (excludes halogenated alkanes) is 2. The number of para-hydroxylation sites is 1. The highest BCUT2D eigenvalue weighted by atomic mass is 33.1. The number of benzene rings is 4. The number of aromatic nitrogens is 1. The predicted octanol–water partition coefficient (Wildman–Crippen LogP) is -4.74. The molecule has 0 bridgehead atoms. The first-order valence-corrected chi connectivity index (χ1v) is 40.7. The molecule has 14 amide bonds. The number of rotatable bonds is 26. The number of amides is 14. The number of nitrogens with one attached hydrogen (secondary N) is 12. The Morgan fingerprint density at radius 3 is 1.24 bits per heavy atom. The second kappa shape index (κ2) is 50.2. The lowest BCUT2D eigenvalue weighted by Crippen LogP contribution is -2.63. The Morgan fingerprint density at radius 2 is 0.815 bits per heavy atom. The summed E-state index contributed by atoms with van der Waals surface area (Å²) in [5, 5.41) is 78.8. The van der Waals surface area contributed by atoms with Crippen LogP contribution in [0.5, 0.6) is 0 Å². The summed E-state index contributed by atoms with van der Waals surface area (Å²) in [6.07, 6.45) is -3.66. The van der Waals surface area contributed by atoms with Crippen LogP contribution in [0.3, 0.4) is 0 Å². The first kappa shape index (κ1) is 98.0. The summed E-state index contributed by atoms with van der Waals surface area (Å²) in [7, 11) is 1.40. The number of hydrogen-bond acceptors (Lipinski definition) is 24. The molecule has 0 spiro atoms. The molecule has 1 aliphatic heterocycles. The fraction of sp³-hybridized carbons (Fsp3) is 0.462. The number of aliphatic hydroxyl groups is 3. The number of aliphatic carboxylic acids is 2. The number of carboxylic acid groups (broad SMARTS) is 2. The van der Waals surface area contributed by atoms with Crippen LogP contribution in [0.15, 0.2) is 121 Å². The molecule has 1 saturated heterocycles. The first-order chi connectivity index (χ1) is 56.5. The number of carboxylic acids is 2. The lowest BCUT2D eigenvalue weighted by molar-refractivity contribution is -0.143. The Kier molecular flexibility index (Phi) is 41.4. The second-order valence-corrected chi connectivity index (χ2v) is 30.8. The van der Waals surface area contributed by atoms with Crippen LogP contribution in [0.2, 0.25) is 0 Å². The van der Waals surface area contributed by atoms with Crippen molar-refractivity contribution in [1.29, 1.82) is 0 Å². The number of aromatic amines is 1. The van der Waals surface area contributed by atoms with Crippen molar-refractivity contribution in [1.82, 2.24) is 68.4 Å². The van der Waals surface area contributed by atoms with Crippen LogP contribution in [0.4, 0.5) is 0 Å². The summed E-state index contributed by atoms with van der Waals surface area (Å²) in [6, 6.07) is 8.81. The standard InChI is InChI=1S/C76H104N18O19S2.C2H4O2/c1-41(79)75(111)94(37-61(81)99)59-40-115-114-39-58(76(112)113)91-71(107)57(38-95)90-74(110)63(43(3)97)93-70(106)54(33-46-23-11-6-12-24-46)89-73(109)62(42(2)96)92-65(101)51(28-16-18-30-78)83-68(104)55(34-47-36-82-49-26-14-13-25-48(47)49)87-67(103)53(32-45-21-9-5-10-22-45)85-66(102)52(31-44-19-7-4-8-20-44)86-69(105)56(35-60(80)98)88-64(100)50(84-72(59)108)27-15-17-29-77;1-2(3)4/h4-14,19-26,36,41-43,50-59,62-63,82,95-97H,15-18,27-35,37-40,77-79H2,1-3H3,(H2,80,98)(H2,81,99)(H,83,104)(H,84,108)(H,85,102)(H,86,105)(H,87,103)(H,88,100)(H,89,109)(H,90,110)(H,91,107)(H,92,101)(H,93,106)(H,112,113);1H3,(H,3,4)/t41-,42+,43+,50-,51-,52-,53?,54-,55-,56?,57-,58?,59?,62-,63?;/m0./s1. The zero-order valence-electron chi connectivity index (χ0n) is 66.1. The number of primary amides is 2. The average Bonchev–Trinajstić information content (AvgIpc) is 1.67. The summed E-state index contributed by atoms with van der Waals surface area (Å²) in [5.41, 5.74) is 31.6. The van der Waals surface area contributed by atoms with Crippen molar-refractivity contribution in [3.8, 4) is 0 Å². The minimum absolute atomic E-state index is 0.0822. The van der Waals surface area contributed by atoms with Gasteiger partial charge in [-0.15, -0.1) is 0 Å². The third-order valence-corrected chi connectivity index (χ3v) is 20.9. The zero-order chi connectivity index (χ0) is 88.0. The fourth-order valence-electron chi connectivity index (χ4n) is 12.3. The van der Waals surface area contributed by atoms with Gasteiger partial charge in [-0.2, -0.15) is 0 Å². The molecule has 648 valence electrons. The van der Waals surface area contributed by atoms with Gasteiger partial charge >= 0.3 is 5.97 Å². The van der Waals surface area contributed by atoms with Crippen LogP contribution in [0.1, 0.15) is 94.9 Å². The van der Waals surface area contributed by atoms with Gasteiger partial charge in [-0.3, -0.25) is 71.9 Å². The van der Waals surface area contributed by atoms with Gasteiger partial charge < -0.3 is 123 Å². The third-order valence-electron chi connectivity index (χ3n) is 18.5. The summed E-state index contributed by atoms with van der Waals surface area (Å²) in [5.74, 6) is -19.4. The number of hydrogen-bond donors (Lipinski definition) is 22. The topological polar surface area (TPSA) is 656 Å². The molecule has 1 aromatic heterocycles. The number of H-pyrrole nitrogens is 1. The Morgan fingerprint density at radius 1 is 0.454 bits per heavy atom. The highest BCUT2D eigenvalue weighted by molar-refractivity contribution is 8.76. The monoisotopic (exact) mass is 1700 g/mol. The van der Waals surface area contributed by atoms with E-state index in [2.05, 4.69) is 63.5 Å². The number of carbonyl (C=O) groups excluding carboxylic acids is 14. The van der Waals surface area contributed by atoms with Crippen LogP contribution < -0.4 is 87.2 Å². The average molecular weight is 1700 g/mol. The second-order valence-electron chi connectivity index (χ2n) is 28.2. The summed E-state index contributed by atoms with van der Waals surface area (Å²) in [4.78, 5) is 228. The molecule has 1 fully saturated rings. The van der Waals surface area contributed by atoms with Crippen molar-refractivity contribution < 1.29 is 102 Å². The molecule has 0 saturated carbocycles. The number of nitrogens with two attached hydrogens (primary N) is 5. The predicted molar refractivity (Wildman–Crippen MR) is 438 cm³/mol. The Labute approximate surface area is 693 Å². The van der Waals surface area contributed by atoms with Crippen molar-refractivity contribution in [2.24, 2.45) is 28.7 Å². The van der Waals surface area contributed by atoms with E-state index in [-0.39, 0.29) is 70.9 Å². The summed E-state index contributed by atoms with van der Waals surface area (Å²) < 4.78 is 0. The summed E-state index contributed by atoms with van der Waals surface area (Å²) in [6.45, 7) is 2.58. The van der Waals surface area contributed by atoms with Crippen LogP contribution in [-0.2, 0) is 102 Å². The van der Waals surface area contributed by atoms with Crippen molar-refractivity contribution in [3.63, 3.8) is 0 Å². The first-order valence-electron chi connectivity index (χ1n) is 38.2. The van der Waals surface area contributed by atoms with Crippen LogP contribution >= 0.6 is 21.6 Å². The molecule has 2 heterocycles. The van der Waals surface area contributed by atoms with E-state index < -0.39 is 216 Å². The van der Waals surface area contributed by atoms with E-state index in [9.17, 15) is 78.0 Å². The highest BCUT2D eigenvalue weighted by Crippen LogP contribution is 2.26. The fourth-order valence-corrected chi connectivity index (χ4v) is 14.6. The molecule has 0 aliphatic carbocycles. The van der Waals surface area contributed by atoms with E-state index in [1.165, 1.54) is 6.92 Å². The maximum atomic E-state index is 15.4. The summed E-state index contributed by atoms with van der Waals surface area (Å²) >= 11 is 0. The maximum absolute atomic E-state index is 15.4. The highest BCUT2D eigenvalue weighted by Gasteiger charge is 2.41. The number of fused-ring (bicyclic) bond motifs is 1. The molecule has 6 rings (SSSR count). The van der Waals surface area contributed by atoms with Crippen molar-refractivity contribution in [3.05, 3.63) is 144 Å². The molecular formula is C78H108N18O21S2. The largest absolute Gasteiger partial charge is 0.481 e. The molecule has 39 nitrogen and oxygen atoms in total. The van der Waals surface area contributed by atoms with E-state index in [4.69, 9.17) is 38.6 Å². The normalized spacial score (nSPS) is 23.2. The SMILES string of the molecule is CC(=O)O.C[C@H](N)C(=O)N(CC(N)=O)C1CSSCC(C(=O)O)NC(=O)[C@H](CO)NC(=O)C([C@@H](C)O)NC(=O)[C@H](Cc2ccccc2)NC(=O)[C@H]([C@@H](C)O)NC(=O)[C@H](CCCCN)NC(=O)[C@H](Cc2c[nH]c3ccccc23)NC(=O)C(Cc2ccccc2)NC(=O)[C@H](Cc2ccccc2)NC(=O)C(CC(N)=O)NC(=O)[C@H](CCCCN)NC1=O. The van der Waals surface area contributed by atoms with Gasteiger partial charge in [-0.05, 0) is 101 Å². The molecule has 41 heteroatoms. The van der Waals surface area contributed by atoms with Crippen molar-refractivity contribution in [2.45, 2.75) is 189 Å². The van der Waals surface area contributed by atoms with Gasteiger partial charge in [-0.1, -0.05) is 131 Å². The van der Waals surface area contributed by atoms with Crippen molar-refractivity contribution >= 4 is 127 Å². The van der Waals surface area contributed by atoms with Crippen LogP contribution in [0, 0.1) is 0 Å². The molecule has 5 aromatic rings. The molecule has 15 atom stereocenters. The van der Waals surface area contributed by atoms with Crippen LogP contribution in [-0.4, -0.2) is 259 Å². The van der Waals surface area contributed by atoms with Gasteiger partial charge in [-0.25, -0.2) is 4.79 Å². The molecule has 119 heavy (non-hydrogen) atoms. The smallest absolute Gasteiger partial charge is 0.327 e. The van der Waals surface area contributed by atoms with Crippen LogP contribution in [0.25, 0.3) is 10.9 Å². The number of nitrogens with zero attached hydrogens (tertiary/aromatic N) is 1. The van der Waals surface area contributed by atoms with Gasteiger partial charge in [0.05, 0.1) is 31.3 Å². The Hall–Kier alpha value is -11.6. The van der Waals surface area contributed by atoms with Crippen molar-refractivity contribution in [2.75, 3.05) is 37.7 Å². The van der Waals surface area contributed by atoms with E-state index in [1.54, 1.807) is 121 Å². The minimum Gasteiger partial charge on any atom is -0.481 e. The van der Waals surface area contributed by atoms with E-state index >= 15 is 14.4 Å². The van der Waals surface area contributed by atoms with Gasteiger partial charge in [0.15, 0.2) is 0 Å². The van der Waals surface area contributed by atoms with Gasteiger partial charge in [0, 0.05) is 61.2 Å². The Balaban J connectivity index is 0.00000616. The van der Waals surface area contributed by atoms with E-state index in [0.717, 1.165) is 20.8 Å².